The average Bonchev–Trinajstić information content (AvgIpc) is 2.25. The van der Waals surface area contributed by atoms with Crippen LogP contribution >= 0.6 is 15.9 Å². The van der Waals surface area contributed by atoms with Crippen LogP contribution in [-0.4, -0.2) is 18.2 Å². The highest BCUT2D eigenvalue weighted by atomic mass is 79.9. The highest BCUT2D eigenvalue weighted by molar-refractivity contribution is 9.10. The van der Waals surface area contributed by atoms with E-state index in [4.69, 9.17) is 4.74 Å². The minimum atomic E-state index is -0.583. The third kappa shape index (κ3) is 3.26. The molecule has 0 bridgehead atoms. The number of ether oxygens (including phenoxy) is 1. The zero-order valence-corrected chi connectivity index (χ0v) is 12.9. The summed E-state index contributed by atoms with van der Waals surface area (Å²) in [5, 5.41) is 0. The van der Waals surface area contributed by atoms with E-state index in [-0.39, 0.29) is 0 Å². The molecule has 0 spiro atoms. The van der Waals surface area contributed by atoms with Crippen LogP contribution in [0.25, 0.3) is 0 Å². The number of amides is 1. The maximum atomic E-state index is 14.1. The third-order valence-electron chi connectivity index (χ3n) is 2.82. The largest absolute Gasteiger partial charge is 0.443 e. The molecule has 0 radical (unpaired) electrons. The van der Waals surface area contributed by atoms with Gasteiger partial charge in [0.25, 0.3) is 0 Å². The summed E-state index contributed by atoms with van der Waals surface area (Å²) in [7, 11) is 0. The normalized spacial score (nSPS) is 15.1. The number of hydrogen-bond acceptors (Lipinski definition) is 2. The van der Waals surface area contributed by atoms with Gasteiger partial charge in [-0.25, -0.2) is 9.18 Å². The molecule has 0 saturated carbocycles. The molecule has 104 valence electrons. The number of nitrogens with zero attached hydrogens (tertiary/aromatic N) is 1. The van der Waals surface area contributed by atoms with Gasteiger partial charge in [0.2, 0.25) is 0 Å². The predicted molar refractivity (Wildman–Crippen MR) is 76.0 cm³/mol. The molecule has 5 heteroatoms. The molecular formula is C14H17BrFNO2. The van der Waals surface area contributed by atoms with Gasteiger partial charge < -0.3 is 4.74 Å². The first kappa shape index (κ1) is 14.3. The summed E-state index contributed by atoms with van der Waals surface area (Å²) < 4.78 is 20.1. The number of fused-ring (bicyclic) bond motifs is 1. The molecule has 2 rings (SSSR count). The minimum absolute atomic E-state index is 0.351. The Labute approximate surface area is 120 Å². The van der Waals surface area contributed by atoms with Crippen LogP contribution in [0, 0.1) is 5.82 Å². The van der Waals surface area contributed by atoms with Crippen LogP contribution in [0.5, 0.6) is 0 Å². The molecule has 3 nitrogen and oxygen atoms in total. The lowest BCUT2D eigenvalue weighted by molar-refractivity contribution is 0.0576. The minimum Gasteiger partial charge on any atom is -0.443 e. The van der Waals surface area contributed by atoms with Gasteiger partial charge in [-0.1, -0.05) is 15.9 Å². The van der Waals surface area contributed by atoms with E-state index in [0.717, 1.165) is 18.4 Å². The molecule has 1 amide bonds. The number of aryl methyl sites for hydroxylation is 1. The fourth-order valence-corrected chi connectivity index (χ4v) is 2.63. The van der Waals surface area contributed by atoms with E-state index in [1.165, 1.54) is 11.0 Å². The van der Waals surface area contributed by atoms with E-state index in [2.05, 4.69) is 15.9 Å². The van der Waals surface area contributed by atoms with Crippen molar-refractivity contribution < 1.29 is 13.9 Å². The second kappa shape index (κ2) is 5.12. The van der Waals surface area contributed by atoms with Crippen LogP contribution in [0.4, 0.5) is 14.9 Å². The van der Waals surface area contributed by atoms with Crippen LogP contribution in [-0.2, 0) is 11.2 Å². The van der Waals surface area contributed by atoms with Crippen LogP contribution in [0.15, 0.2) is 16.6 Å². The fraction of sp³-hybridized carbons (Fsp3) is 0.500. The molecule has 0 aliphatic carbocycles. The Morgan fingerprint density at radius 3 is 2.74 bits per heavy atom. The summed E-state index contributed by atoms with van der Waals surface area (Å²) in [4.78, 5) is 13.5. The molecule has 0 fully saturated rings. The van der Waals surface area contributed by atoms with Gasteiger partial charge in [0, 0.05) is 11.0 Å². The zero-order chi connectivity index (χ0) is 14.2. The number of anilines is 1. The Balaban J connectivity index is 2.35. The van der Waals surface area contributed by atoms with Crippen molar-refractivity contribution in [1.82, 2.24) is 0 Å². The van der Waals surface area contributed by atoms with Crippen LogP contribution in [0.2, 0.25) is 0 Å². The number of hydrogen-bond donors (Lipinski definition) is 0. The smallest absolute Gasteiger partial charge is 0.414 e. The second-order valence-electron chi connectivity index (χ2n) is 5.63. The lowest BCUT2D eigenvalue weighted by Gasteiger charge is -2.32. The molecule has 0 N–H and O–H groups in total. The lowest BCUT2D eigenvalue weighted by Crippen LogP contribution is -2.40. The van der Waals surface area contributed by atoms with E-state index >= 15 is 0 Å². The average molecular weight is 330 g/mol. The first-order valence-corrected chi connectivity index (χ1v) is 7.06. The van der Waals surface area contributed by atoms with Gasteiger partial charge >= 0.3 is 6.09 Å². The monoisotopic (exact) mass is 329 g/mol. The van der Waals surface area contributed by atoms with E-state index < -0.39 is 17.5 Å². The maximum absolute atomic E-state index is 14.1. The van der Waals surface area contributed by atoms with Crippen molar-refractivity contribution in [2.24, 2.45) is 0 Å². The summed E-state index contributed by atoms with van der Waals surface area (Å²) >= 11 is 3.27. The van der Waals surface area contributed by atoms with Gasteiger partial charge in [0.05, 0.1) is 5.69 Å². The number of carbonyl (C=O) groups is 1. The Morgan fingerprint density at radius 1 is 1.42 bits per heavy atom. The molecule has 19 heavy (non-hydrogen) atoms. The van der Waals surface area contributed by atoms with Crippen LogP contribution < -0.4 is 4.90 Å². The summed E-state index contributed by atoms with van der Waals surface area (Å²) in [6.45, 7) is 5.88. The summed E-state index contributed by atoms with van der Waals surface area (Å²) in [6, 6.07) is 3.23. The van der Waals surface area contributed by atoms with Crippen molar-refractivity contribution in [1.29, 1.82) is 0 Å². The molecule has 1 aromatic carbocycles. The number of carbonyl (C=O) groups excluding carboxylic acids is 1. The van der Waals surface area contributed by atoms with Crippen molar-refractivity contribution >= 4 is 27.7 Å². The summed E-state index contributed by atoms with van der Waals surface area (Å²) in [6.07, 6.45) is 1.09. The van der Waals surface area contributed by atoms with E-state index in [9.17, 15) is 9.18 Å². The first-order valence-electron chi connectivity index (χ1n) is 6.26. The molecule has 1 aromatic rings. The Kier molecular flexibility index (Phi) is 3.85. The zero-order valence-electron chi connectivity index (χ0n) is 11.3. The van der Waals surface area contributed by atoms with Crippen molar-refractivity contribution in [3.05, 3.63) is 28.0 Å². The topological polar surface area (TPSA) is 29.5 Å². The van der Waals surface area contributed by atoms with Gasteiger partial charge in [0.1, 0.15) is 11.4 Å². The molecule has 1 aliphatic rings. The summed E-state index contributed by atoms with van der Waals surface area (Å²) in [5.41, 5.74) is 0.605. The van der Waals surface area contributed by atoms with E-state index in [0.29, 0.717) is 16.7 Å². The quantitative estimate of drug-likeness (QED) is 0.711. The van der Waals surface area contributed by atoms with Crippen molar-refractivity contribution in [2.75, 3.05) is 11.4 Å². The molecule has 0 atom stereocenters. The van der Waals surface area contributed by atoms with E-state index in [1.54, 1.807) is 20.8 Å². The maximum Gasteiger partial charge on any atom is 0.414 e. The third-order valence-corrected chi connectivity index (χ3v) is 3.28. The number of halogens is 2. The van der Waals surface area contributed by atoms with Gasteiger partial charge in [-0.3, -0.25) is 4.90 Å². The van der Waals surface area contributed by atoms with Crippen molar-refractivity contribution in [3.8, 4) is 0 Å². The standard InChI is InChI=1S/C14H17BrFNO2/c1-14(2,3)19-13(18)17-6-4-5-9-7-10(15)8-11(16)12(9)17/h7-8H,4-6H2,1-3H3. The van der Waals surface area contributed by atoms with Gasteiger partial charge in [-0.15, -0.1) is 0 Å². The van der Waals surface area contributed by atoms with Crippen LogP contribution in [0.1, 0.15) is 32.8 Å². The molecule has 0 unspecified atom stereocenters. The molecule has 0 saturated heterocycles. The SMILES string of the molecule is CC(C)(C)OC(=O)N1CCCc2cc(Br)cc(F)c21. The van der Waals surface area contributed by atoms with Gasteiger partial charge in [-0.05, 0) is 51.3 Å². The molecule has 1 heterocycles. The Bertz CT molecular complexity index is 511. The Hall–Kier alpha value is -1.10. The van der Waals surface area contributed by atoms with E-state index in [1.807, 2.05) is 6.07 Å². The molecule has 1 aliphatic heterocycles. The Morgan fingerprint density at radius 2 is 2.11 bits per heavy atom. The van der Waals surface area contributed by atoms with Crippen molar-refractivity contribution in [3.63, 3.8) is 0 Å². The highest BCUT2D eigenvalue weighted by Crippen LogP contribution is 2.33. The highest BCUT2D eigenvalue weighted by Gasteiger charge is 2.29. The number of rotatable bonds is 0. The number of benzene rings is 1. The predicted octanol–water partition coefficient (Wildman–Crippen LogP) is 4.28. The fourth-order valence-electron chi connectivity index (χ4n) is 2.15. The van der Waals surface area contributed by atoms with Gasteiger partial charge in [0.15, 0.2) is 0 Å². The second-order valence-corrected chi connectivity index (χ2v) is 6.55. The van der Waals surface area contributed by atoms with Crippen molar-refractivity contribution in [2.45, 2.75) is 39.2 Å². The van der Waals surface area contributed by atoms with Gasteiger partial charge in [-0.2, -0.15) is 0 Å². The first-order chi connectivity index (χ1) is 8.78. The summed E-state index contributed by atoms with van der Waals surface area (Å²) in [5.74, 6) is -0.394. The van der Waals surface area contributed by atoms with Crippen LogP contribution in [0.3, 0.4) is 0 Å². The molecule has 0 aromatic heterocycles. The molecular weight excluding hydrogens is 313 g/mol. The lowest BCUT2D eigenvalue weighted by atomic mass is 10.0.